The fourth-order valence-corrected chi connectivity index (χ4v) is 10.3. The first kappa shape index (κ1) is 42.4. The number of thiophene rings is 1. The van der Waals surface area contributed by atoms with Crippen molar-refractivity contribution in [2.24, 2.45) is 0 Å². The maximum Gasteiger partial charge on any atom is 0.252 e. The predicted molar refractivity (Wildman–Crippen MR) is 241 cm³/mol. The lowest BCUT2D eigenvalue weighted by atomic mass is 9.92. The Bertz CT molecular complexity index is 2540. The first-order chi connectivity index (χ1) is 28.3. The molecular weight excluding hydrogens is 818 g/mol. The second kappa shape index (κ2) is 18.3. The number of nitrogens with one attached hydrogen (secondary N) is 2. The second-order valence-corrected chi connectivity index (χ2v) is 20.3. The van der Waals surface area contributed by atoms with Crippen molar-refractivity contribution in [1.82, 2.24) is 35.4 Å². The van der Waals surface area contributed by atoms with Gasteiger partial charge < -0.3 is 10.6 Å². The highest BCUT2D eigenvalue weighted by molar-refractivity contribution is 8.00. The van der Waals surface area contributed by atoms with Gasteiger partial charge in [-0.15, -0.1) is 44.6 Å². The number of ketones is 1. The van der Waals surface area contributed by atoms with Crippen molar-refractivity contribution >= 4 is 80.1 Å². The Hall–Kier alpha value is -4.69. The number of aryl methyl sites for hydroxylation is 2. The monoisotopic (exact) mass is 865 g/mol. The number of unbranched alkanes of at least 4 members (excludes halogenated alkanes) is 2. The average Bonchev–Trinajstić information content (AvgIpc) is 3.91. The Labute approximate surface area is 362 Å². The van der Waals surface area contributed by atoms with E-state index in [1.807, 2.05) is 54.8 Å². The van der Waals surface area contributed by atoms with Crippen LogP contribution in [-0.4, -0.2) is 60.2 Å². The van der Waals surface area contributed by atoms with Gasteiger partial charge in [0.15, 0.2) is 5.78 Å². The predicted octanol–water partition coefficient (Wildman–Crippen LogP) is 10.3. The molecule has 0 radical (unpaired) electrons. The molecule has 1 atom stereocenters. The molecule has 0 unspecified atom stereocenters. The number of halogens is 1. The van der Waals surface area contributed by atoms with Gasteiger partial charge >= 0.3 is 0 Å². The van der Waals surface area contributed by atoms with Crippen molar-refractivity contribution in [3.05, 3.63) is 121 Å². The van der Waals surface area contributed by atoms with E-state index in [2.05, 4.69) is 76.1 Å². The lowest BCUT2D eigenvalue weighted by molar-refractivity contribution is -0.121. The number of aromatic nitrogens is 5. The highest BCUT2D eigenvalue weighted by Crippen LogP contribution is 2.44. The number of allylic oxidation sites excluding steroid dienone is 1. The Morgan fingerprint density at radius 3 is 2.46 bits per heavy atom. The van der Waals surface area contributed by atoms with E-state index in [1.165, 1.54) is 10.4 Å². The molecule has 59 heavy (non-hydrogen) atoms. The second-order valence-electron chi connectivity index (χ2n) is 15.8. The first-order valence-electron chi connectivity index (χ1n) is 19.9. The Morgan fingerprint density at radius 1 is 0.932 bits per heavy atom. The molecule has 10 nitrogen and oxygen atoms in total. The summed E-state index contributed by atoms with van der Waals surface area (Å²) >= 11 is 11.2. The molecule has 306 valence electrons. The fraction of sp³-hybridized carbons (Fsp3) is 0.356. The Kier molecular flexibility index (Phi) is 13.2. The molecule has 7 rings (SSSR count). The van der Waals surface area contributed by atoms with Crippen LogP contribution in [0.3, 0.4) is 0 Å². The van der Waals surface area contributed by atoms with Gasteiger partial charge in [0.2, 0.25) is 5.91 Å². The third kappa shape index (κ3) is 10.0. The summed E-state index contributed by atoms with van der Waals surface area (Å²) in [5, 5.41) is 20.5. The molecule has 2 N–H and O–H groups in total. The SMILES string of the molecule is Cc1sc2c(c1C)C(c1ccc(Cl)cc1)=C[C@@H](CC(=O)NCCCCCC(=O)c1cc(SC(C)(C)C)c3ncc(C(=O)NCCc4nccs4)cc3c1)c1nnc(C)n1-2. The quantitative estimate of drug-likeness (QED) is 0.0593. The van der Waals surface area contributed by atoms with Crippen molar-refractivity contribution in [2.45, 2.75) is 95.6 Å². The van der Waals surface area contributed by atoms with Gasteiger partial charge in [-0.3, -0.25) is 23.9 Å². The van der Waals surface area contributed by atoms with Gasteiger partial charge in [-0.05, 0) is 80.6 Å². The van der Waals surface area contributed by atoms with Crippen molar-refractivity contribution < 1.29 is 14.4 Å². The number of benzene rings is 2. The molecule has 5 heterocycles. The van der Waals surface area contributed by atoms with Crippen LogP contribution in [-0.2, 0) is 11.2 Å². The molecule has 2 aromatic carbocycles. The molecule has 0 bridgehead atoms. The third-order valence-corrected chi connectivity index (χ3v) is 13.6. The molecule has 1 aliphatic heterocycles. The van der Waals surface area contributed by atoms with E-state index in [-0.39, 0.29) is 34.7 Å². The van der Waals surface area contributed by atoms with Gasteiger partial charge in [0.1, 0.15) is 16.6 Å². The molecule has 1 aliphatic rings. The van der Waals surface area contributed by atoms with Gasteiger partial charge in [-0.25, -0.2) is 4.98 Å². The zero-order valence-electron chi connectivity index (χ0n) is 34.1. The van der Waals surface area contributed by atoms with Gasteiger partial charge in [0.25, 0.3) is 5.91 Å². The maximum absolute atomic E-state index is 13.6. The fourth-order valence-electron chi connectivity index (χ4n) is 7.23. The number of Topliss-reactive ketones (excluding diaryl/α,β-unsaturated/α-hetero) is 1. The van der Waals surface area contributed by atoms with E-state index in [1.54, 1.807) is 46.8 Å². The summed E-state index contributed by atoms with van der Waals surface area (Å²) < 4.78 is 1.99. The van der Waals surface area contributed by atoms with Gasteiger partial charge in [-0.2, -0.15) is 0 Å². The van der Waals surface area contributed by atoms with Crippen molar-refractivity contribution in [3.8, 4) is 5.00 Å². The first-order valence-corrected chi connectivity index (χ1v) is 22.7. The largest absolute Gasteiger partial charge is 0.356 e. The minimum absolute atomic E-state index is 0.0417. The van der Waals surface area contributed by atoms with Crippen LogP contribution in [0, 0.1) is 20.8 Å². The summed E-state index contributed by atoms with van der Waals surface area (Å²) in [7, 11) is 0. The molecule has 4 aromatic heterocycles. The van der Waals surface area contributed by atoms with Gasteiger partial charge in [0, 0.05) is 92.1 Å². The molecule has 6 aromatic rings. The number of carbonyl (C=O) groups excluding carboxylic acids is 3. The standard InChI is InChI=1S/C45H48ClN7O3S3/c1-26-27(2)58-44-40(26)35(29-11-13-34(46)14-12-29)22-32(42-52-51-28(3)53(42)44)24-38(55)47-16-9-7-8-10-36(54)30-20-31-21-33(43(56)49-17-15-39-48-18-19-57-39)25-50-41(31)37(23-30)59-45(4,5)6/h11-14,18-23,25,32H,7-10,15-17,24H2,1-6H3,(H,47,55)(H,49,56)/t32-/m0/s1. The molecule has 0 saturated heterocycles. The van der Waals surface area contributed by atoms with Gasteiger partial charge in [0.05, 0.1) is 16.1 Å². The van der Waals surface area contributed by atoms with Crippen LogP contribution in [0.1, 0.15) is 118 Å². The molecular formula is C45H48ClN7O3S3. The number of carbonyl (C=O) groups is 3. The van der Waals surface area contributed by atoms with Crippen LogP contribution in [0.5, 0.6) is 0 Å². The number of thioether (sulfide) groups is 1. The van der Waals surface area contributed by atoms with E-state index in [4.69, 9.17) is 11.6 Å². The number of hydrogen-bond donors (Lipinski definition) is 2. The number of rotatable bonds is 15. The van der Waals surface area contributed by atoms with Crippen LogP contribution in [0.2, 0.25) is 5.02 Å². The van der Waals surface area contributed by atoms with E-state index < -0.39 is 0 Å². The summed E-state index contributed by atoms with van der Waals surface area (Å²) in [5.74, 6) is 1.00. The molecule has 14 heteroatoms. The normalized spacial score (nSPS) is 13.7. The van der Waals surface area contributed by atoms with Gasteiger partial charge in [-0.1, -0.05) is 57.0 Å². The minimum atomic E-state index is -0.295. The number of fused-ring (bicyclic) bond motifs is 4. The molecule has 2 amide bonds. The van der Waals surface area contributed by atoms with Crippen LogP contribution in [0.4, 0.5) is 0 Å². The van der Waals surface area contributed by atoms with E-state index in [0.29, 0.717) is 48.5 Å². The topological polar surface area (TPSA) is 132 Å². The third-order valence-electron chi connectivity index (χ3n) is 10.2. The number of hydrogen-bond acceptors (Lipinski definition) is 10. The summed E-state index contributed by atoms with van der Waals surface area (Å²) in [6.07, 6.45) is 9.00. The van der Waals surface area contributed by atoms with Crippen LogP contribution >= 0.6 is 46.0 Å². The van der Waals surface area contributed by atoms with E-state index in [0.717, 1.165) is 67.0 Å². The lowest BCUT2D eigenvalue weighted by Gasteiger charge is -2.19. The lowest BCUT2D eigenvalue weighted by Crippen LogP contribution is -2.26. The zero-order chi connectivity index (χ0) is 41.8. The molecule has 0 fully saturated rings. The molecule has 0 saturated carbocycles. The van der Waals surface area contributed by atoms with E-state index in [9.17, 15) is 14.4 Å². The Balaban J connectivity index is 0.968. The van der Waals surface area contributed by atoms with Crippen LogP contribution < -0.4 is 10.6 Å². The average molecular weight is 867 g/mol. The van der Waals surface area contributed by atoms with Crippen molar-refractivity contribution in [3.63, 3.8) is 0 Å². The highest BCUT2D eigenvalue weighted by Gasteiger charge is 2.31. The van der Waals surface area contributed by atoms with E-state index >= 15 is 0 Å². The number of nitrogens with zero attached hydrogens (tertiary/aromatic N) is 5. The summed E-state index contributed by atoms with van der Waals surface area (Å²) in [6.45, 7) is 13.6. The smallest absolute Gasteiger partial charge is 0.252 e. The van der Waals surface area contributed by atoms with Crippen LogP contribution in [0.15, 0.2) is 71.2 Å². The molecule has 0 aliphatic carbocycles. The number of thiazole rings is 1. The highest BCUT2D eigenvalue weighted by atomic mass is 35.5. The number of amides is 2. The summed E-state index contributed by atoms with van der Waals surface area (Å²) in [4.78, 5) is 51.2. The number of pyridine rings is 1. The molecule has 0 spiro atoms. The minimum Gasteiger partial charge on any atom is -0.356 e. The maximum atomic E-state index is 13.6. The van der Waals surface area contributed by atoms with Crippen molar-refractivity contribution in [1.29, 1.82) is 0 Å². The van der Waals surface area contributed by atoms with Crippen molar-refractivity contribution in [2.75, 3.05) is 13.1 Å². The Morgan fingerprint density at radius 2 is 1.71 bits per heavy atom. The van der Waals surface area contributed by atoms with Crippen LogP contribution in [0.25, 0.3) is 21.5 Å². The summed E-state index contributed by atoms with van der Waals surface area (Å²) in [5.41, 5.74) is 6.25. The summed E-state index contributed by atoms with van der Waals surface area (Å²) in [6, 6.07) is 13.5. The zero-order valence-corrected chi connectivity index (χ0v) is 37.4.